The predicted molar refractivity (Wildman–Crippen MR) is 79.4 cm³/mol. The second-order valence-corrected chi connectivity index (χ2v) is 6.24. The lowest BCUT2D eigenvalue weighted by Gasteiger charge is -2.36. The summed E-state index contributed by atoms with van der Waals surface area (Å²) in [5, 5.41) is 13.2. The third-order valence-corrected chi connectivity index (χ3v) is 5.22. The first-order chi connectivity index (χ1) is 9.19. The van der Waals surface area contributed by atoms with Gasteiger partial charge in [-0.1, -0.05) is 13.8 Å². The van der Waals surface area contributed by atoms with Crippen molar-refractivity contribution in [2.75, 3.05) is 46.4 Å². The van der Waals surface area contributed by atoms with Crippen LogP contribution in [0.4, 0.5) is 0 Å². The Labute approximate surface area is 118 Å². The Hall–Kier alpha value is -0.160. The van der Waals surface area contributed by atoms with Crippen molar-refractivity contribution < 1.29 is 5.11 Å². The highest BCUT2D eigenvalue weighted by Crippen LogP contribution is 2.40. The van der Waals surface area contributed by atoms with Crippen molar-refractivity contribution in [1.29, 1.82) is 0 Å². The van der Waals surface area contributed by atoms with Gasteiger partial charge in [0.05, 0.1) is 12.1 Å². The molecule has 1 saturated heterocycles. The van der Waals surface area contributed by atoms with Crippen molar-refractivity contribution in [3.05, 3.63) is 0 Å². The molecule has 19 heavy (non-hydrogen) atoms. The summed E-state index contributed by atoms with van der Waals surface area (Å²) in [5.74, 6) is 0.676. The van der Waals surface area contributed by atoms with E-state index in [0.29, 0.717) is 12.0 Å². The minimum absolute atomic E-state index is 0.0574. The minimum atomic E-state index is -0.0574. The summed E-state index contributed by atoms with van der Waals surface area (Å²) in [6.45, 7) is 10.4. The fourth-order valence-electron chi connectivity index (χ4n) is 3.70. The largest absolute Gasteiger partial charge is 0.394 e. The summed E-state index contributed by atoms with van der Waals surface area (Å²) in [5.41, 5.74) is -0.0574. The Balaban J connectivity index is 1.90. The summed E-state index contributed by atoms with van der Waals surface area (Å²) < 4.78 is 0. The summed E-state index contributed by atoms with van der Waals surface area (Å²) >= 11 is 0. The zero-order chi connectivity index (χ0) is 13.9. The molecule has 112 valence electrons. The molecule has 2 atom stereocenters. The van der Waals surface area contributed by atoms with Gasteiger partial charge in [0.2, 0.25) is 0 Å². The van der Waals surface area contributed by atoms with E-state index < -0.39 is 0 Å². The third kappa shape index (κ3) is 3.30. The van der Waals surface area contributed by atoms with Gasteiger partial charge >= 0.3 is 0 Å². The Morgan fingerprint density at radius 1 is 1.26 bits per heavy atom. The van der Waals surface area contributed by atoms with Crippen molar-refractivity contribution in [2.45, 2.75) is 44.7 Å². The lowest BCUT2D eigenvalue weighted by Crippen LogP contribution is -2.56. The molecule has 2 aliphatic rings. The monoisotopic (exact) mass is 269 g/mol. The first kappa shape index (κ1) is 15.2. The van der Waals surface area contributed by atoms with Crippen LogP contribution >= 0.6 is 0 Å². The van der Waals surface area contributed by atoms with Crippen molar-refractivity contribution in [1.82, 2.24) is 15.1 Å². The second-order valence-electron chi connectivity index (χ2n) is 6.24. The third-order valence-electron chi connectivity index (χ3n) is 5.22. The van der Waals surface area contributed by atoms with Gasteiger partial charge in [-0.25, -0.2) is 0 Å². The van der Waals surface area contributed by atoms with Gasteiger partial charge in [0, 0.05) is 19.1 Å². The number of likely N-dealkylation sites (N-methyl/N-ethyl adjacent to an activating group) is 2. The van der Waals surface area contributed by atoms with Crippen LogP contribution in [-0.2, 0) is 0 Å². The fourth-order valence-corrected chi connectivity index (χ4v) is 3.70. The van der Waals surface area contributed by atoms with E-state index in [1.807, 2.05) is 7.05 Å². The summed E-state index contributed by atoms with van der Waals surface area (Å²) in [7, 11) is 2.01. The van der Waals surface area contributed by atoms with Gasteiger partial charge in [0.15, 0.2) is 0 Å². The molecule has 4 nitrogen and oxygen atoms in total. The van der Waals surface area contributed by atoms with E-state index >= 15 is 0 Å². The van der Waals surface area contributed by atoms with E-state index in [2.05, 4.69) is 29.0 Å². The molecule has 0 bridgehead atoms. The fraction of sp³-hybridized carbons (Fsp3) is 1.00. The quantitative estimate of drug-likeness (QED) is 0.682. The van der Waals surface area contributed by atoms with Crippen molar-refractivity contribution >= 4 is 0 Å². The predicted octanol–water partition coefficient (Wildman–Crippen LogP) is 0.763. The SMILES string of the molecule is CCN(CC)C1CCN(CC(CO)(NC)C2CC2)C1. The van der Waals surface area contributed by atoms with Gasteiger partial charge in [-0.15, -0.1) is 0 Å². The van der Waals surface area contributed by atoms with E-state index in [1.54, 1.807) is 0 Å². The van der Waals surface area contributed by atoms with E-state index in [4.69, 9.17) is 0 Å². The molecule has 0 aromatic carbocycles. The van der Waals surface area contributed by atoms with Crippen LogP contribution in [0.15, 0.2) is 0 Å². The molecule has 1 aliphatic carbocycles. The average molecular weight is 269 g/mol. The van der Waals surface area contributed by atoms with Gasteiger partial charge in [-0.3, -0.25) is 9.80 Å². The standard InChI is InChI=1S/C15H31N3O/c1-4-18(5-2)14-8-9-17(10-14)11-15(12-19,16-3)13-6-7-13/h13-14,16,19H,4-12H2,1-3H3. The van der Waals surface area contributed by atoms with Crippen molar-refractivity contribution in [3.8, 4) is 0 Å². The molecule has 4 heteroatoms. The van der Waals surface area contributed by atoms with Crippen LogP contribution in [0.2, 0.25) is 0 Å². The van der Waals surface area contributed by atoms with Crippen LogP contribution in [0.1, 0.15) is 33.1 Å². The van der Waals surface area contributed by atoms with E-state index in [-0.39, 0.29) is 12.1 Å². The Morgan fingerprint density at radius 3 is 2.42 bits per heavy atom. The Kier molecular flexibility index (Phi) is 5.23. The van der Waals surface area contributed by atoms with Crippen LogP contribution in [0.3, 0.4) is 0 Å². The highest BCUT2D eigenvalue weighted by molar-refractivity contribution is 5.03. The number of rotatable bonds is 8. The van der Waals surface area contributed by atoms with E-state index in [1.165, 1.54) is 25.8 Å². The van der Waals surface area contributed by atoms with Crippen LogP contribution in [0.25, 0.3) is 0 Å². The molecule has 0 amide bonds. The number of aliphatic hydroxyl groups is 1. The maximum atomic E-state index is 9.82. The molecular formula is C15H31N3O. The second kappa shape index (κ2) is 6.53. The van der Waals surface area contributed by atoms with Crippen LogP contribution < -0.4 is 5.32 Å². The van der Waals surface area contributed by atoms with E-state index in [0.717, 1.165) is 26.2 Å². The van der Waals surface area contributed by atoms with Crippen LogP contribution in [0.5, 0.6) is 0 Å². The molecule has 0 aromatic heterocycles. The summed E-state index contributed by atoms with van der Waals surface area (Å²) in [6.07, 6.45) is 3.82. The van der Waals surface area contributed by atoms with Gasteiger partial charge in [-0.05, 0) is 51.9 Å². The number of hydrogen-bond donors (Lipinski definition) is 2. The van der Waals surface area contributed by atoms with Gasteiger partial charge in [0.25, 0.3) is 0 Å². The van der Waals surface area contributed by atoms with Gasteiger partial charge in [0.1, 0.15) is 0 Å². The number of nitrogens with one attached hydrogen (secondary N) is 1. The molecular weight excluding hydrogens is 238 g/mol. The maximum absolute atomic E-state index is 9.82. The Morgan fingerprint density at radius 2 is 1.95 bits per heavy atom. The van der Waals surface area contributed by atoms with Crippen molar-refractivity contribution in [2.24, 2.45) is 5.92 Å². The first-order valence-electron chi connectivity index (χ1n) is 7.95. The highest BCUT2D eigenvalue weighted by Gasteiger charge is 2.45. The molecule has 0 aromatic rings. The molecule has 1 aliphatic heterocycles. The summed E-state index contributed by atoms with van der Waals surface area (Å²) in [4.78, 5) is 5.12. The normalized spacial score (nSPS) is 27.9. The summed E-state index contributed by atoms with van der Waals surface area (Å²) in [6, 6.07) is 0.711. The lowest BCUT2D eigenvalue weighted by atomic mass is 9.93. The maximum Gasteiger partial charge on any atom is 0.0628 e. The molecule has 2 unspecified atom stereocenters. The Bertz CT molecular complexity index is 273. The van der Waals surface area contributed by atoms with Crippen molar-refractivity contribution in [3.63, 3.8) is 0 Å². The minimum Gasteiger partial charge on any atom is -0.394 e. The average Bonchev–Trinajstić information content (AvgIpc) is 3.20. The number of aliphatic hydroxyl groups excluding tert-OH is 1. The smallest absolute Gasteiger partial charge is 0.0628 e. The lowest BCUT2D eigenvalue weighted by molar-refractivity contribution is 0.102. The zero-order valence-electron chi connectivity index (χ0n) is 12.9. The zero-order valence-corrected chi connectivity index (χ0v) is 12.9. The molecule has 2 rings (SSSR count). The number of hydrogen-bond acceptors (Lipinski definition) is 4. The molecule has 1 heterocycles. The molecule has 2 fully saturated rings. The van der Waals surface area contributed by atoms with E-state index in [9.17, 15) is 5.11 Å². The van der Waals surface area contributed by atoms with Crippen LogP contribution in [-0.4, -0.2) is 72.9 Å². The van der Waals surface area contributed by atoms with Gasteiger partial charge in [-0.2, -0.15) is 0 Å². The highest BCUT2D eigenvalue weighted by atomic mass is 16.3. The molecule has 1 saturated carbocycles. The number of likely N-dealkylation sites (tertiary alicyclic amines) is 1. The first-order valence-corrected chi connectivity index (χ1v) is 7.95. The molecule has 2 N–H and O–H groups in total. The van der Waals surface area contributed by atoms with Crippen LogP contribution in [0, 0.1) is 5.92 Å². The molecule has 0 radical (unpaired) electrons. The topological polar surface area (TPSA) is 38.7 Å². The molecule has 0 spiro atoms. The number of nitrogens with zero attached hydrogens (tertiary/aromatic N) is 2. The van der Waals surface area contributed by atoms with Gasteiger partial charge < -0.3 is 10.4 Å².